The second-order valence-corrected chi connectivity index (χ2v) is 4.66. The molecule has 0 fully saturated rings. The summed E-state index contributed by atoms with van der Waals surface area (Å²) in [5.74, 6) is 0. The van der Waals surface area contributed by atoms with Crippen molar-refractivity contribution in [3.8, 4) is 0 Å². The summed E-state index contributed by atoms with van der Waals surface area (Å²) in [4.78, 5) is 8.17. The maximum Gasteiger partial charge on any atom is 0.700 e. The summed E-state index contributed by atoms with van der Waals surface area (Å²) in [5, 5.41) is 0. The van der Waals surface area contributed by atoms with Crippen molar-refractivity contribution in [3.63, 3.8) is 0 Å². The van der Waals surface area contributed by atoms with E-state index in [2.05, 4.69) is 9.05 Å². The fourth-order valence-electron chi connectivity index (χ4n) is 0.362. The summed E-state index contributed by atoms with van der Waals surface area (Å²) in [6, 6.07) is 0. The van der Waals surface area contributed by atoms with Gasteiger partial charge in [-0.25, -0.2) is 0 Å². The van der Waals surface area contributed by atoms with E-state index in [1.54, 1.807) is 20.8 Å². The smallest absolute Gasteiger partial charge is 0.133 e. The molecule has 0 aromatic carbocycles. The van der Waals surface area contributed by atoms with Crippen molar-refractivity contribution in [2.45, 2.75) is 26.4 Å². The van der Waals surface area contributed by atoms with Crippen LogP contribution >= 0.6 is 16.5 Å². The monoisotopic (exact) mass is 230 g/mol. The molecule has 0 spiro atoms. The first-order chi connectivity index (χ1) is 5.81. The third-order valence-electron chi connectivity index (χ3n) is 0.670. The maximum absolute atomic E-state index is 10.9. The van der Waals surface area contributed by atoms with Crippen molar-refractivity contribution in [1.29, 1.82) is 0 Å². The van der Waals surface area contributed by atoms with Crippen molar-refractivity contribution in [3.05, 3.63) is 0 Å². The Labute approximate surface area is 78.1 Å². The minimum Gasteiger partial charge on any atom is -0.133 e. The third kappa shape index (κ3) is 9.96. The molecule has 0 aliphatic rings. The zero-order chi connectivity index (χ0) is 10.5. The number of rotatable bonds is 5. The van der Waals surface area contributed by atoms with Gasteiger partial charge in [-0.2, -0.15) is 0 Å². The molecule has 0 aromatic rings. The lowest BCUT2D eigenvalue weighted by Gasteiger charge is -2.07. The van der Waals surface area contributed by atoms with Gasteiger partial charge < -0.3 is 0 Å². The van der Waals surface area contributed by atoms with Crippen LogP contribution in [-0.2, 0) is 22.7 Å². The standard InChI is InChI=1S/C5H11O6P2/c1-5(2,3)11-13(8)10-4-9-12(6)7/h4H2,1-3H3/q+1/p+1. The summed E-state index contributed by atoms with van der Waals surface area (Å²) in [7, 11) is -5.04. The van der Waals surface area contributed by atoms with E-state index in [1.165, 1.54) is 0 Å². The predicted molar refractivity (Wildman–Crippen MR) is 45.3 cm³/mol. The molecule has 0 aliphatic heterocycles. The molecule has 2 unspecified atom stereocenters. The van der Waals surface area contributed by atoms with Gasteiger partial charge in [0.15, 0.2) is 0 Å². The predicted octanol–water partition coefficient (Wildman–Crippen LogP) is 2.10. The molecule has 0 bridgehead atoms. The zero-order valence-corrected chi connectivity index (χ0v) is 9.38. The Balaban J connectivity index is 3.59. The second-order valence-electron chi connectivity index (χ2n) is 3.04. The normalized spacial score (nSPS) is 14.2. The number of hydrogen-bond acceptors (Lipinski definition) is 5. The van der Waals surface area contributed by atoms with Gasteiger partial charge in [0.2, 0.25) is 0 Å². The van der Waals surface area contributed by atoms with Crippen LogP contribution in [0.25, 0.3) is 0 Å². The van der Waals surface area contributed by atoms with Crippen LogP contribution in [0.2, 0.25) is 0 Å². The van der Waals surface area contributed by atoms with Crippen molar-refractivity contribution < 1.29 is 27.6 Å². The SMILES string of the molecule is CC(C)(C)O[P+](=O)OCO[P+](=O)O. The Kier molecular flexibility index (Phi) is 5.72. The first-order valence-electron chi connectivity index (χ1n) is 3.39. The lowest BCUT2D eigenvalue weighted by Crippen LogP contribution is -2.15. The molecule has 0 rings (SSSR count). The molecule has 6 nitrogen and oxygen atoms in total. The summed E-state index contributed by atoms with van der Waals surface area (Å²) >= 11 is 0. The van der Waals surface area contributed by atoms with Gasteiger partial charge in [-0.05, 0) is 20.8 Å². The second kappa shape index (κ2) is 5.70. The molecule has 0 radical (unpaired) electrons. The Hall–Kier alpha value is 0.0400. The maximum atomic E-state index is 10.9. The molecule has 8 heteroatoms. The highest BCUT2D eigenvalue weighted by molar-refractivity contribution is 7.33. The molecule has 2 atom stereocenters. The van der Waals surface area contributed by atoms with E-state index in [9.17, 15) is 9.13 Å². The van der Waals surface area contributed by atoms with Crippen molar-refractivity contribution >= 4 is 16.5 Å². The Bertz CT molecular complexity index is 198. The van der Waals surface area contributed by atoms with Gasteiger partial charge >= 0.3 is 16.5 Å². The van der Waals surface area contributed by atoms with Crippen molar-refractivity contribution in [1.82, 2.24) is 0 Å². The summed E-state index contributed by atoms with van der Waals surface area (Å²) in [6.07, 6.45) is 0. The molecule has 0 amide bonds. The average Bonchev–Trinajstić information content (AvgIpc) is 1.81. The molecule has 0 heterocycles. The Morgan fingerprint density at radius 2 is 1.77 bits per heavy atom. The van der Waals surface area contributed by atoms with Crippen LogP contribution in [0.3, 0.4) is 0 Å². The Morgan fingerprint density at radius 1 is 1.23 bits per heavy atom. The highest BCUT2D eigenvalue weighted by atomic mass is 31.1. The molecule has 0 aliphatic carbocycles. The van der Waals surface area contributed by atoms with Gasteiger partial charge in [0.25, 0.3) is 6.79 Å². The average molecular weight is 230 g/mol. The molecule has 0 saturated carbocycles. The van der Waals surface area contributed by atoms with Crippen LogP contribution in [-0.4, -0.2) is 17.3 Å². The van der Waals surface area contributed by atoms with Crippen molar-refractivity contribution in [2.75, 3.05) is 6.79 Å². The van der Waals surface area contributed by atoms with Crippen LogP contribution in [0.5, 0.6) is 0 Å². The molecule has 76 valence electrons. The van der Waals surface area contributed by atoms with Crippen LogP contribution in [0.15, 0.2) is 0 Å². The molecule has 0 aromatic heterocycles. The zero-order valence-electron chi connectivity index (χ0n) is 7.59. The molecule has 13 heavy (non-hydrogen) atoms. The highest BCUT2D eigenvalue weighted by Crippen LogP contribution is 2.31. The van der Waals surface area contributed by atoms with E-state index in [4.69, 9.17) is 9.42 Å². The van der Waals surface area contributed by atoms with E-state index in [-0.39, 0.29) is 0 Å². The van der Waals surface area contributed by atoms with Gasteiger partial charge in [0.05, 0.1) is 0 Å². The van der Waals surface area contributed by atoms with Crippen LogP contribution in [0, 0.1) is 0 Å². The molecule has 1 N–H and O–H groups in total. The lowest BCUT2D eigenvalue weighted by molar-refractivity contribution is 0.0657. The largest absolute Gasteiger partial charge is 0.700 e. The topological polar surface area (TPSA) is 82.1 Å². The molecular weight excluding hydrogens is 218 g/mol. The van der Waals surface area contributed by atoms with Crippen LogP contribution in [0.4, 0.5) is 0 Å². The van der Waals surface area contributed by atoms with Gasteiger partial charge in [-0.3, -0.25) is 0 Å². The van der Waals surface area contributed by atoms with E-state index in [0.29, 0.717) is 0 Å². The van der Waals surface area contributed by atoms with Gasteiger partial charge in [-0.15, -0.1) is 9.42 Å². The summed E-state index contributed by atoms with van der Waals surface area (Å²) in [6.45, 7) is 4.59. The van der Waals surface area contributed by atoms with Gasteiger partial charge in [0, 0.05) is 9.13 Å². The van der Waals surface area contributed by atoms with E-state index < -0.39 is 28.9 Å². The fraction of sp³-hybridized carbons (Fsp3) is 1.00. The minimum atomic E-state index is -2.72. The van der Waals surface area contributed by atoms with E-state index >= 15 is 0 Å². The van der Waals surface area contributed by atoms with E-state index in [1.807, 2.05) is 0 Å². The van der Waals surface area contributed by atoms with Gasteiger partial charge in [0.1, 0.15) is 5.60 Å². The highest BCUT2D eigenvalue weighted by Gasteiger charge is 2.31. The minimum absolute atomic E-state index is 0.531. The fourth-order valence-corrected chi connectivity index (χ4v) is 1.23. The van der Waals surface area contributed by atoms with Crippen LogP contribution in [0.1, 0.15) is 20.8 Å². The molecular formula is C5H12O6P2+2. The Morgan fingerprint density at radius 3 is 2.15 bits per heavy atom. The third-order valence-corrected chi connectivity index (χ3v) is 2.01. The quantitative estimate of drug-likeness (QED) is 0.575. The van der Waals surface area contributed by atoms with Crippen molar-refractivity contribution in [2.24, 2.45) is 0 Å². The first kappa shape index (κ1) is 13.0. The van der Waals surface area contributed by atoms with E-state index in [0.717, 1.165) is 0 Å². The molecule has 0 saturated heterocycles. The first-order valence-corrected chi connectivity index (χ1v) is 5.62. The summed E-state index contributed by atoms with van der Waals surface area (Å²) < 4.78 is 34.3. The van der Waals surface area contributed by atoms with Gasteiger partial charge in [-0.1, -0.05) is 9.05 Å². The van der Waals surface area contributed by atoms with Crippen LogP contribution < -0.4 is 0 Å². The lowest BCUT2D eigenvalue weighted by atomic mass is 10.2. The summed E-state index contributed by atoms with van der Waals surface area (Å²) in [5.41, 5.74) is -0.588. The number of hydrogen-bond donors (Lipinski definition) is 1.